The average Bonchev–Trinajstić information content (AvgIpc) is 2.47. The van der Waals surface area contributed by atoms with Gasteiger partial charge in [-0.2, -0.15) is 0 Å². The van der Waals surface area contributed by atoms with Gasteiger partial charge in [0.2, 0.25) is 0 Å². The second-order valence-corrected chi connectivity index (χ2v) is 4.39. The summed E-state index contributed by atoms with van der Waals surface area (Å²) in [5, 5.41) is 12.0. The molecule has 0 saturated carbocycles. The Morgan fingerprint density at radius 2 is 1.58 bits per heavy atom. The van der Waals surface area contributed by atoms with Crippen LogP contribution >= 0.6 is 0 Å². The van der Waals surface area contributed by atoms with Crippen molar-refractivity contribution in [1.82, 2.24) is 0 Å². The number of para-hydroxylation sites is 1. The van der Waals surface area contributed by atoms with Crippen molar-refractivity contribution in [3.05, 3.63) is 66.2 Å². The lowest BCUT2D eigenvalue weighted by Crippen LogP contribution is -1.90. The smallest absolute Gasteiger partial charge is 0.150 e. The van der Waals surface area contributed by atoms with Crippen LogP contribution < -0.4 is 0 Å². The molecule has 0 aliphatic heterocycles. The Labute approximate surface area is 110 Å². The molecule has 0 heterocycles. The number of hydrogen-bond donors (Lipinski definition) is 1. The predicted octanol–water partition coefficient (Wildman–Crippen LogP) is 4.02. The fraction of sp³-hybridized carbons (Fsp3) is 0. The number of aldehydes is 1. The number of aromatic hydroxyl groups is 1. The van der Waals surface area contributed by atoms with Crippen LogP contribution in [0.5, 0.6) is 5.75 Å². The molecule has 0 aromatic heterocycles. The van der Waals surface area contributed by atoms with E-state index >= 15 is 0 Å². The molecule has 3 aromatic rings. The van der Waals surface area contributed by atoms with Crippen molar-refractivity contribution in [2.75, 3.05) is 0 Å². The van der Waals surface area contributed by atoms with Gasteiger partial charge in [0.25, 0.3) is 0 Å². The first-order valence-electron chi connectivity index (χ1n) is 6.06. The van der Waals surface area contributed by atoms with E-state index in [9.17, 15) is 9.90 Å². The zero-order valence-electron chi connectivity index (χ0n) is 10.2. The minimum atomic E-state index is 0.182. The minimum absolute atomic E-state index is 0.182. The summed E-state index contributed by atoms with van der Waals surface area (Å²) in [6.07, 6.45) is 0.828. The summed E-state index contributed by atoms with van der Waals surface area (Å²) < 4.78 is 0. The fourth-order valence-electron chi connectivity index (χ4n) is 2.37. The Hall–Kier alpha value is -2.61. The number of phenolic OH excluding ortho intramolecular Hbond substituents is 1. The number of carbonyl (C=O) groups excluding carboxylic acids is 1. The molecular weight excluding hydrogens is 236 g/mol. The van der Waals surface area contributed by atoms with Crippen LogP contribution in [0.25, 0.3) is 21.9 Å². The topological polar surface area (TPSA) is 37.3 Å². The van der Waals surface area contributed by atoms with Crippen LogP contribution in [0.4, 0.5) is 0 Å². The van der Waals surface area contributed by atoms with Crippen molar-refractivity contribution in [3.63, 3.8) is 0 Å². The molecule has 0 atom stereocenters. The molecule has 0 aliphatic rings. The molecule has 2 nitrogen and oxygen atoms in total. The van der Waals surface area contributed by atoms with Crippen molar-refractivity contribution in [3.8, 4) is 16.9 Å². The summed E-state index contributed by atoms with van der Waals surface area (Å²) in [5.41, 5.74) is 2.05. The lowest BCUT2D eigenvalue weighted by Gasteiger charge is -2.11. The molecule has 1 N–H and O–H groups in total. The molecule has 0 amide bonds. The number of rotatable bonds is 2. The van der Waals surface area contributed by atoms with Crippen molar-refractivity contribution >= 4 is 17.1 Å². The third-order valence-electron chi connectivity index (χ3n) is 3.26. The molecule has 0 bridgehead atoms. The maximum atomic E-state index is 11.3. The summed E-state index contributed by atoms with van der Waals surface area (Å²) in [5.74, 6) is 0.182. The molecule has 0 radical (unpaired) electrons. The van der Waals surface area contributed by atoms with Gasteiger partial charge in [0.15, 0.2) is 6.29 Å². The highest BCUT2D eigenvalue weighted by Gasteiger charge is 2.12. The first-order valence-corrected chi connectivity index (χ1v) is 6.06. The van der Waals surface area contributed by atoms with Crippen LogP contribution in [-0.2, 0) is 0 Å². The van der Waals surface area contributed by atoms with Gasteiger partial charge < -0.3 is 5.11 Å². The van der Waals surface area contributed by atoms with Crippen molar-refractivity contribution in [2.45, 2.75) is 0 Å². The largest absolute Gasteiger partial charge is 0.507 e. The van der Waals surface area contributed by atoms with Crippen molar-refractivity contribution in [2.24, 2.45) is 0 Å². The molecular formula is C17H12O2. The molecule has 0 spiro atoms. The van der Waals surface area contributed by atoms with E-state index < -0.39 is 0 Å². The van der Waals surface area contributed by atoms with Gasteiger partial charge in [-0.25, -0.2) is 0 Å². The highest BCUT2D eigenvalue weighted by Crippen LogP contribution is 2.36. The second-order valence-electron chi connectivity index (χ2n) is 4.39. The van der Waals surface area contributed by atoms with Gasteiger partial charge in [0, 0.05) is 16.7 Å². The van der Waals surface area contributed by atoms with Crippen LogP contribution in [0, 0.1) is 0 Å². The molecule has 0 saturated heterocycles. The normalized spacial score (nSPS) is 10.5. The Balaban J connectivity index is 2.44. The van der Waals surface area contributed by atoms with Gasteiger partial charge in [0.1, 0.15) is 5.75 Å². The quantitative estimate of drug-likeness (QED) is 0.695. The third-order valence-corrected chi connectivity index (χ3v) is 3.26. The van der Waals surface area contributed by atoms with E-state index in [2.05, 4.69) is 0 Å². The van der Waals surface area contributed by atoms with E-state index in [1.54, 1.807) is 18.2 Å². The minimum Gasteiger partial charge on any atom is -0.507 e. The zero-order chi connectivity index (χ0) is 13.2. The highest BCUT2D eigenvalue weighted by molar-refractivity contribution is 6.05. The lowest BCUT2D eigenvalue weighted by atomic mass is 9.93. The van der Waals surface area contributed by atoms with E-state index in [1.807, 2.05) is 42.5 Å². The molecule has 0 fully saturated rings. The van der Waals surface area contributed by atoms with Gasteiger partial charge in [-0.3, -0.25) is 4.79 Å². The number of hydrogen-bond acceptors (Lipinski definition) is 2. The van der Waals surface area contributed by atoms with E-state index in [0.29, 0.717) is 11.1 Å². The van der Waals surface area contributed by atoms with Crippen LogP contribution in [0.2, 0.25) is 0 Å². The van der Waals surface area contributed by atoms with E-state index in [0.717, 1.165) is 22.6 Å². The lowest BCUT2D eigenvalue weighted by molar-refractivity contribution is 0.112. The van der Waals surface area contributed by atoms with E-state index in [1.165, 1.54) is 0 Å². The number of phenols is 1. The number of benzene rings is 3. The van der Waals surface area contributed by atoms with E-state index in [4.69, 9.17) is 0 Å². The summed E-state index contributed by atoms with van der Waals surface area (Å²) in [6.45, 7) is 0. The number of carbonyl (C=O) groups is 1. The highest BCUT2D eigenvalue weighted by atomic mass is 16.3. The molecule has 0 unspecified atom stereocenters. The van der Waals surface area contributed by atoms with Gasteiger partial charge in [-0.05, 0) is 16.8 Å². The molecule has 2 heteroatoms. The molecule has 3 aromatic carbocycles. The first-order chi connectivity index (χ1) is 9.31. The van der Waals surface area contributed by atoms with E-state index in [-0.39, 0.29) is 5.75 Å². The maximum absolute atomic E-state index is 11.3. The average molecular weight is 248 g/mol. The van der Waals surface area contributed by atoms with Gasteiger partial charge in [0.05, 0.1) is 0 Å². The van der Waals surface area contributed by atoms with Crippen LogP contribution in [-0.4, -0.2) is 11.4 Å². The molecule has 3 rings (SSSR count). The Morgan fingerprint density at radius 1 is 0.842 bits per heavy atom. The summed E-state index contributed by atoms with van der Waals surface area (Å²) in [6, 6.07) is 18.6. The predicted molar refractivity (Wildman–Crippen MR) is 76.4 cm³/mol. The van der Waals surface area contributed by atoms with Crippen molar-refractivity contribution in [1.29, 1.82) is 0 Å². The summed E-state index contributed by atoms with van der Waals surface area (Å²) >= 11 is 0. The third kappa shape index (κ3) is 1.87. The van der Waals surface area contributed by atoms with Crippen LogP contribution in [0.1, 0.15) is 10.4 Å². The molecule has 19 heavy (non-hydrogen) atoms. The zero-order valence-corrected chi connectivity index (χ0v) is 10.2. The molecule has 92 valence electrons. The number of fused-ring (bicyclic) bond motifs is 1. The maximum Gasteiger partial charge on any atom is 0.150 e. The SMILES string of the molecule is O=Cc1ccc2ccccc2c1-c1ccccc1O. The van der Waals surface area contributed by atoms with Gasteiger partial charge in [-0.1, -0.05) is 54.6 Å². The monoisotopic (exact) mass is 248 g/mol. The Morgan fingerprint density at radius 3 is 2.37 bits per heavy atom. The Bertz CT molecular complexity index is 760. The summed E-state index contributed by atoms with van der Waals surface area (Å²) in [7, 11) is 0. The molecule has 0 aliphatic carbocycles. The Kier molecular flexibility index (Phi) is 2.76. The van der Waals surface area contributed by atoms with Crippen LogP contribution in [0.3, 0.4) is 0 Å². The van der Waals surface area contributed by atoms with Gasteiger partial charge in [-0.15, -0.1) is 0 Å². The van der Waals surface area contributed by atoms with Gasteiger partial charge >= 0.3 is 0 Å². The summed E-state index contributed by atoms with van der Waals surface area (Å²) in [4.78, 5) is 11.3. The standard InChI is InChI=1S/C17H12O2/c18-11-13-10-9-12-5-1-2-6-14(12)17(13)15-7-3-4-8-16(15)19/h1-11,19H. The second kappa shape index (κ2) is 4.58. The fourth-order valence-corrected chi connectivity index (χ4v) is 2.37. The van der Waals surface area contributed by atoms with Crippen LogP contribution in [0.15, 0.2) is 60.7 Å². The van der Waals surface area contributed by atoms with Crippen molar-refractivity contribution < 1.29 is 9.90 Å². The first kappa shape index (κ1) is 11.5.